The first-order valence-electron chi connectivity index (χ1n) is 8.03. The van der Waals surface area contributed by atoms with Gasteiger partial charge in [-0.2, -0.15) is 0 Å². The van der Waals surface area contributed by atoms with Crippen molar-refractivity contribution in [1.82, 2.24) is 0 Å². The van der Waals surface area contributed by atoms with Crippen molar-refractivity contribution in [2.45, 2.75) is 52.4 Å². The number of fused-ring (bicyclic) bond motifs is 3. The van der Waals surface area contributed by atoms with Crippen LogP contribution in [0.25, 0.3) is 5.57 Å². The van der Waals surface area contributed by atoms with Crippen molar-refractivity contribution in [3.05, 3.63) is 34.9 Å². The monoisotopic (exact) mass is 284 g/mol. The Hall–Kier alpha value is -1.57. The van der Waals surface area contributed by atoms with Crippen LogP contribution in [0.15, 0.2) is 18.2 Å². The quantitative estimate of drug-likeness (QED) is 0.814. The molecule has 0 aromatic heterocycles. The van der Waals surface area contributed by atoms with Crippen molar-refractivity contribution in [2.24, 2.45) is 5.41 Å². The lowest BCUT2D eigenvalue weighted by molar-refractivity contribution is -0.115. The second-order valence-electron chi connectivity index (χ2n) is 6.50. The Labute approximate surface area is 127 Å². The molecule has 0 spiro atoms. The van der Waals surface area contributed by atoms with Gasteiger partial charge in [-0.1, -0.05) is 25.8 Å². The standard InChI is InChI=1S/C19H24O2/c1-4-5-9-19-10-8-14(20)11-17(19)15-6-7-18(21-3)13(2)16(15)12-19/h6-7,11H,4-5,8-10,12H2,1-3H3. The SMILES string of the molecule is CCCCC12CCC(=O)C=C1c1ccc(OC)c(C)c1C2. The number of allylic oxidation sites excluding steroid dienone is 2. The zero-order valence-corrected chi connectivity index (χ0v) is 13.3. The Kier molecular flexibility index (Phi) is 3.64. The third-order valence-electron chi connectivity index (χ3n) is 5.31. The second kappa shape index (κ2) is 5.32. The van der Waals surface area contributed by atoms with Crippen LogP contribution in [0.5, 0.6) is 5.75 Å². The molecule has 0 N–H and O–H groups in total. The molecule has 2 aliphatic rings. The molecule has 1 unspecified atom stereocenters. The third kappa shape index (κ3) is 2.21. The molecule has 0 radical (unpaired) electrons. The summed E-state index contributed by atoms with van der Waals surface area (Å²) in [5.41, 5.74) is 5.43. The summed E-state index contributed by atoms with van der Waals surface area (Å²) in [5.74, 6) is 1.25. The maximum absolute atomic E-state index is 11.9. The van der Waals surface area contributed by atoms with Crippen LogP contribution in [0.2, 0.25) is 0 Å². The van der Waals surface area contributed by atoms with E-state index >= 15 is 0 Å². The fourth-order valence-electron chi connectivity index (χ4n) is 4.07. The van der Waals surface area contributed by atoms with E-state index in [-0.39, 0.29) is 5.41 Å². The van der Waals surface area contributed by atoms with Crippen molar-refractivity contribution < 1.29 is 9.53 Å². The first kappa shape index (κ1) is 14.4. The predicted octanol–water partition coefficient (Wildman–Crippen LogP) is 4.48. The summed E-state index contributed by atoms with van der Waals surface area (Å²) >= 11 is 0. The molecule has 0 fully saturated rings. The Morgan fingerprint density at radius 3 is 2.86 bits per heavy atom. The van der Waals surface area contributed by atoms with E-state index in [2.05, 4.69) is 19.9 Å². The lowest BCUT2D eigenvalue weighted by Crippen LogP contribution is -2.25. The highest BCUT2D eigenvalue weighted by atomic mass is 16.5. The van der Waals surface area contributed by atoms with E-state index in [1.54, 1.807) is 7.11 Å². The molecule has 0 saturated carbocycles. The van der Waals surface area contributed by atoms with E-state index < -0.39 is 0 Å². The number of ketones is 1. The van der Waals surface area contributed by atoms with Gasteiger partial charge in [-0.3, -0.25) is 4.79 Å². The van der Waals surface area contributed by atoms with E-state index in [9.17, 15) is 4.79 Å². The van der Waals surface area contributed by atoms with Crippen LogP contribution in [-0.4, -0.2) is 12.9 Å². The molecule has 0 bridgehead atoms. The Bertz CT molecular complexity index is 612. The summed E-state index contributed by atoms with van der Waals surface area (Å²) in [5, 5.41) is 0. The topological polar surface area (TPSA) is 26.3 Å². The fraction of sp³-hybridized carbons (Fsp3) is 0.526. The third-order valence-corrected chi connectivity index (χ3v) is 5.31. The number of hydrogen-bond acceptors (Lipinski definition) is 2. The summed E-state index contributed by atoms with van der Waals surface area (Å²) in [4.78, 5) is 11.9. The van der Waals surface area contributed by atoms with Crippen molar-refractivity contribution in [3.8, 4) is 5.75 Å². The molecular weight excluding hydrogens is 260 g/mol. The molecular formula is C19H24O2. The van der Waals surface area contributed by atoms with Gasteiger partial charge < -0.3 is 4.74 Å². The van der Waals surface area contributed by atoms with Crippen LogP contribution >= 0.6 is 0 Å². The highest BCUT2D eigenvalue weighted by Gasteiger charge is 2.44. The predicted molar refractivity (Wildman–Crippen MR) is 85.6 cm³/mol. The smallest absolute Gasteiger partial charge is 0.156 e. The van der Waals surface area contributed by atoms with Gasteiger partial charge in [-0.25, -0.2) is 0 Å². The number of unbranched alkanes of at least 4 members (excludes halogenated alkanes) is 1. The fourth-order valence-corrected chi connectivity index (χ4v) is 4.07. The van der Waals surface area contributed by atoms with Crippen LogP contribution in [0.1, 0.15) is 55.7 Å². The molecule has 21 heavy (non-hydrogen) atoms. The van der Waals surface area contributed by atoms with Crippen molar-refractivity contribution >= 4 is 11.4 Å². The van der Waals surface area contributed by atoms with Crippen LogP contribution < -0.4 is 4.74 Å². The molecule has 112 valence electrons. The molecule has 0 amide bonds. The minimum absolute atomic E-state index is 0.198. The normalized spacial score (nSPS) is 23.6. The molecule has 0 saturated heterocycles. The van der Waals surface area contributed by atoms with Gasteiger partial charge in [0.15, 0.2) is 5.78 Å². The Morgan fingerprint density at radius 2 is 2.14 bits per heavy atom. The Morgan fingerprint density at radius 1 is 1.33 bits per heavy atom. The van der Waals surface area contributed by atoms with Gasteiger partial charge in [0.2, 0.25) is 0 Å². The van der Waals surface area contributed by atoms with E-state index in [0.717, 1.165) is 18.6 Å². The van der Waals surface area contributed by atoms with E-state index in [1.807, 2.05) is 12.1 Å². The number of carbonyl (C=O) groups excluding carboxylic acids is 1. The van der Waals surface area contributed by atoms with Crippen LogP contribution in [0, 0.1) is 12.3 Å². The molecule has 3 rings (SSSR count). The highest BCUT2D eigenvalue weighted by Crippen LogP contribution is 2.55. The Balaban J connectivity index is 2.10. The zero-order valence-electron chi connectivity index (χ0n) is 13.3. The van der Waals surface area contributed by atoms with Gasteiger partial charge in [0.05, 0.1) is 7.11 Å². The molecule has 2 nitrogen and oxygen atoms in total. The molecule has 0 aliphatic heterocycles. The largest absolute Gasteiger partial charge is 0.496 e. The number of carbonyl (C=O) groups is 1. The lowest BCUT2D eigenvalue weighted by Gasteiger charge is -2.34. The highest BCUT2D eigenvalue weighted by molar-refractivity contribution is 6.01. The zero-order chi connectivity index (χ0) is 15.0. The lowest BCUT2D eigenvalue weighted by atomic mass is 9.69. The maximum atomic E-state index is 11.9. The van der Waals surface area contributed by atoms with Gasteiger partial charge in [-0.15, -0.1) is 0 Å². The van der Waals surface area contributed by atoms with Gasteiger partial charge in [0.1, 0.15) is 5.75 Å². The van der Waals surface area contributed by atoms with Crippen molar-refractivity contribution in [2.75, 3.05) is 7.11 Å². The van der Waals surface area contributed by atoms with Crippen LogP contribution in [0.3, 0.4) is 0 Å². The van der Waals surface area contributed by atoms with Gasteiger partial charge >= 0.3 is 0 Å². The van der Waals surface area contributed by atoms with Gasteiger partial charge in [0.25, 0.3) is 0 Å². The summed E-state index contributed by atoms with van der Waals surface area (Å²) < 4.78 is 5.47. The summed E-state index contributed by atoms with van der Waals surface area (Å²) in [6.07, 6.45) is 8.35. The van der Waals surface area contributed by atoms with E-state index in [4.69, 9.17) is 4.74 Å². The molecule has 2 aliphatic carbocycles. The summed E-state index contributed by atoms with van der Waals surface area (Å²) in [7, 11) is 1.73. The number of rotatable bonds is 4. The van der Waals surface area contributed by atoms with Gasteiger partial charge in [-0.05, 0) is 60.6 Å². The molecule has 1 aromatic carbocycles. The van der Waals surface area contributed by atoms with Crippen LogP contribution in [-0.2, 0) is 11.2 Å². The first-order chi connectivity index (χ1) is 10.1. The summed E-state index contributed by atoms with van der Waals surface area (Å²) in [6.45, 7) is 4.38. The number of methoxy groups -OCH3 is 1. The second-order valence-corrected chi connectivity index (χ2v) is 6.50. The number of hydrogen-bond donors (Lipinski definition) is 0. The molecule has 0 heterocycles. The number of ether oxygens (including phenoxy) is 1. The number of benzene rings is 1. The molecule has 1 aromatic rings. The average molecular weight is 284 g/mol. The maximum Gasteiger partial charge on any atom is 0.156 e. The average Bonchev–Trinajstić information content (AvgIpc) is 2.81. The van der Waals surface area contributed by atoms with E-state index in [0.29, 0.717) is 12.2 Å². The van der Waals surface area contributed by atoms with E-state index in [1.165, 1.54) is 41.5 Å². The van der Waals surface area contributed by atoms with Gasteiger partial charge in [0, 0.05) is 11.8 Å². The minimum Gasteiger partial charge on any atom is -0.496 e. The summed E-state index contributed by atoms with van der Waals surface area (Å²) in [6, 6.07) is 4.20. The minimum atomic E-state index is 0.198. The first-order valence-corrected chi connectivity index (χ1v) is 8.03. The van der Waals surface area contributed by atoms with Crippen LogP contribution in [0.4, 0.5) is 0 Å². The van der Waals surface area contributed by atoms with Crippen molar-refractivity contribution in [3.63, 3.8) is 0 Å². The van der Waals surface area contributed by atoms with Crippen molar-refractivity contribution in [1.29, 1.82) is 0 Å². The molecule has 2 heteroatoms. The molecule has 1 atom stereocenters.